The number of rotatable bonds is 4. The summed E-state index contributed by atoms with van der Waals surface area (Å²) in [5, 5.41) is 5.95. The average molecular weight is 354 g/mol. The van der Waals surface area contributed by atoms with Crippen LogP contribution in [0, 0.1) is 0 Å². The molecule has 0 aliphatic heterocycles. The highest BCUT2D eigenvalue weighted by Gasteiger charge is 2.36. The Bertz CT molecular complexity index is 1070. The first kappa shape index (κ1) is 17.5. The molecule has 1 heterocycles. The predicted molar refractivity (Wildman–Crippen MR) is 116 cm³/mol. The third-order valence-electron chi connectivity index (χ3n) is 5.69. The lowest BCUT2D eigenvalue weighted by molar-refractivity contribution is 0.618. The number of nitrogens with one attached hydrogen (secondary N) is 1. The Morgan fingerprint density at radius 2 is 1.81 bits per heavy atom. The molecular weight excluding hydrogens is 328 g/mol. The number of benzene rings is 2. The van der Waals surface area contributed by atoms with Gasteiger partial charge in [0.2, 0.25) is 0 Å². The van der Waals surface area contributed by atoms with Crippen molar-refractivity contribution in [2.24, 2.45) is 0 Å². The lowest BCUT2D eigenvalue weighted by Crippen LogP contribution is -2.30. The van der Waals surface area contributed by atoms with Crippen molar-refractivity contribution >= 4 is 16.3 Å². The summed E-state index contributed by atoms with van der Waals surface area (Å²) >= 11 is 0. The third kappa shape index (κ3) is 2.68. The number of hydrogen-bond donors (Lipinski definition) is 1. The molecule has 1 N–H and O–H groups in total. The van der Waals surface area contributed by atoms with Crippen LogP contribution in [0.1, 0.15) is 39.0 Å². The number of hydrogen-bond acceptors (Lipinski definition) is 2. The van der Waals surface area contributed by atoms with Crippen molar-refractivity contribution in [2.45, 2.75) is 33.1 Å². The first-order chi connectivity index (χ1) is 12.9. The van der Waals surface area contributed by atoms with Crippen molar-refractivity contribution in [2.75, 3.05) is 6.54 Å². The fourth-order valence-corrected chi connectivity index (χ4v) is 4.52. The van der Waals surface area contributed by atoms with E-state index in [1.165, 1.54) is 38.6 Å². The van der Waals surface area contributed by atoms with Gasteiger partial charge in [0.05, 0.1) is 5.69 Å². The van der Waals surface area contributed by atoms with Crippen LogP contribution < -0.4 is 5.32 Å². The zero-order valence-electron chi connectivity index (χ0n) is 16.6. The number of allylic oxidation sites excluding steroid dienone is 2. The fourth-order valence-electron chi connectivity index (χ4n) is 4.52. The first-order valence-corrected chi connectivity index (χ1v) is 9.58. The van der Waals surface area contributed by atoms with E-state index >= 15 is 0 Å². The predicted octanol–water partition coefficient (Wildman–Crippen LogP) is 6.09. The Morgan fingerprint density at radius 3 is 2.52 bits per heavy atom. The van der Waals surface area contributed by atoms with Gasteiger partial charge in [0.1, 0.15) is 0 Å². The second kappa shape index (κ2) is 6.38. The van der Waals surface area contributed by atoms with Crippen molar-refractivity contribution in [3.8, 4) is 11.1 Å². The lowest BCUT2D eigenvalue weighted by atomic mass is 9.68. The highest BCUT2D eigenvalue weighted by Crippen LogP contribution is 2.48. The molecule has 1 aromatic heterocycles. The minimum absolute atomic E-state index is 0.150. The van der Waals surface area contributed by atoms with Crippen molar-refractivity contribution in [1.29, 1.82) is 0 Å². The minimum Gasteiger partial charge on any atom is -0.386 e. The third-order valence-corrected chi connectivity index (χ3v) is 5.69. The molecule has 0 spiro atoms. The zero-order valence-corrected chi connectivity index (χ0v) is 16.6. The Labute approximate surface area is 161 Å². The van der Waals surface area contributed by atoms with Gasteiger partial charge in [-0.2, -0.15) is 0 Å². The maximum Gasteiger partial charge on any atom is 0.0744 e. The van der Waals surface area contributed by atoms with E-state index in [0.717, 1.165) is 17.9 Å². The highest BCUT2D eigenvalue weighted by molar-refractivity contribution is 6.01. The molecule has 0 radical (unpaired) electrons. The summed E-state index contributed by atoms with van der Waals surface area (Å²) in [6.45, 7) is 14.1. The van der Waals surface area contributed by atoms with Crippen LogP contribution in [-0.2, 0) is 5.41 Å². The molecule has 0 amide bonds. The molecule has 136 valence electrons. The van der Waals surface area contributed by atoms with Gasteiger partial charge >= 0.3 is 0 Å². The Hall–Kier alpha value is -2.87. The Kier molecular flexibility index (Phi) is 4.15. The SMILES string of the molecule is C=C(NCC)C1=C(C)c2nccc3cc(-c4ccccc4)cc(c23)C1(C)C. The van der Waals surface area contributed by atoms with Crippen LogP contribution in [-0.4, -0.2) is 11.5 Å². The van der Waals surface area contributed by atoms with Gasteiger partial charge in [0.15, 0.2) is 0 Å². The maximum atomic E-state index is 4.75. The fraction of sp³-hybridized carbons (Fsp3) is 0.240. The van der Waals surface area contributed by atoms with E-state index in [1.54, 1.807) is 0 Å². The van der Waals surface area contributed by atoms with E-state index in [4.69, 9.17) is 4.98 Å². The highest BCUT2D eigenvalue weighted by atomic mass is 14.9. The second-order valence-corrected chi connectivity index (χ2v) is 7.78. The average Bonchev–Trinajstić information content (AvgIpc) is 2.66. The maximum absolute atomic E-state index is 4.75. The van der Waals surface area contributed by atoms with Gasteiger partial charge in [-0.25, -0.2) is 0 Å². The molecule has 27 heavy (non-hydrogen) atoms. The van der Waals surface area contributed by atoms with Crippen molar-refractivity contribution in [1.82, 2.24) is 10.3 Å². The van der Waals surface area contributed by atoms with Crippen molar-refractivity contribution < 1.29 is 0 Å². The van der Waals surface area contributed by atoms with Gasteiger partial charge in [0.25, 0.3) is 0 Å². The van der Waals surface area contributed by atoms with E-state index in [0.29, 0.717) is 0 Å². The van der Waals surface area contributed by atoms with Crippen LogP contribution in [0.3, 0.4) is 0 Å². The van der Waals surface area contributed by atoms with Gasteiger partial charge in [-0.15, -0.1) is 0 Å². The number of pyridine rings is 1. The standard InChI is InChI=1S/C25H26N2/c1-6-26-17(3)23-16(2)24-22-19(12-13-27-24)14-20(15-21(22)25(23,4)5)18-10-8-7-9-11-18/h7-15,26H,3,6H2,1-2,4-5H3. The molecule has 0 atom stereocenters. The minimum atomic E-state index is -0.150. The van der Waals surface area contributed by atoms with Crippen LogP contribution >= 0.6 is 0 Å². The molecule has 2 heteroatoms. The Morgan fingerprint density at radius 1 is 1.07 bits per heavy atom. The molecule has 0 saturated carbocycles. The summed E-state index contributed by atoms with van der Waals surface area (Å²) in [5.41, 5.74) is 8.20. The van der Waals surface area contributed by atoms with E-state index in [-0.39, 0.29) is 5.41 Å². The number of aromatic nitrogens is 1. The van der Waals surface area contributed by atoms with Gasteiger partial charge in [-0.1, -0.05) is 50.8 Å². The van der Waals surface area contributed by atoms with Crippen LogP contribution in [0.4, 0.5) is 0 Å². The van der Waals surface area contributed by atoms with Gasteiger partial charge < -0.3 is 5.32 Å². The molecule has 3 aromatic rings. The summed E-state index contributed by atoms with van der Waals surface area (Å²) in [5.74, 6) is 0. The van der Waals surface area contributed by atoms with Crippen molar-refractivity contribution in [3.63, 3.8) is 0 Å². The lowest BCUT2D eigenvalue weighted by Gasteiger charge is -2.37. The molecule has 1 aliphatic carbocycles. The van der Waals surface area contributed by atoms with E-state index < -0.39 is 0 Å². The molecule has 2 aromatic carbocycles. The van der Waals surface area contributed by atoms with E-state index in [2.05, 4.69) is 88.1 Å². The summed E-state index contributed by atoms with van der Waals surface area (Å²) < 4.78 is 0. The van der Waals surface area contributed by atoms with Crippen LogP contribution in [0.15, 0.2) is 72.6 Å². The zero-order chi connectivity index (χ0) is 19.2. The first-order valence-electron chi connectivity index (χ1n) is 9.58. The number of likely N-dealkylation sites (N-methyl/N-ethyl adjacent to an activating group) is 1. The van der Waals surface area contributed by atoms with Crippen LogP contribution in [0.2, 0.25) is 0 Å². The molecule has 0 bridgehead atoms. The molecule has 0 unspecified atom stereocenters. The normalized spacial score (nSPS) is 15.1. The summed E-state index contributed by atoms with van der Waals surface area (Å²) in [6.07, 6.45) is 1.92. The van der Waals surface area contributed by atoms with Crippen LogP contribution in [0.25, 0.3) is 27.5 Å². The van der Waals surface area contributed by atoms with Crippen molar-refractivity contribution in [3.05, 3.63) is 83.8 Å². The molecular formula is C25H26N2. The second-order valence-electron chi connectivity index (χ2n) is 7.78. The van der Waals surface area contributed by atoms with Gasteiger partial charge in [-0.05, 0) is 65.3 Å². The monoisotopic (exact) mass is 354 g/mol. The molecule has 1 aliphatic rings. The van der Waals surface area contributed by atoms with E-state index in [1.807, 2.05) is 6.20 Å². The molecule has 0 saturated heterocycles. The Balaban J connectivity index is 2.04. The van der Waals surface area contributed by atoms with Gasteiger partial charge in [-0.3, -0.25) is 4.98 Å². The summed E-state index contributed by atoms with van der Waals surface area (Å²) in [4.78, 5) is 4.75. The smallest absolute Gasteiger partial charge is 0.0744 e. The molecule has 4 rings (SSSR count). The number of nitrogens with zero attached hydrogens (tertiary/aromatic N) is 1. The topological polar surface area (TPSA) is 24.9 Å². The molecule has 0 fully saturated rings. The van der Waals surface area contributed by atoms with E-state index in [9.17, 15) is 0 Å². The quantitative estimate of drug-likeness (QED) is 0.613. The largest absolute Gasteiger partial charge is 0.386 e. The summed E-state index contributed by atoms with van der Waals surface area (Å²) in [6, 6.07) is 17.3. The van der Waals surface area contributed by atoms with Gasteiger partial charge in [0, 0.05) is 29.2 Å². The van der Waals surface area contributed by atoms with Crippen LogP contribution in [0.5, 0.6) is 0 Å². The molecule has 2 nitrogen and oxygen atoms in total. The summed E-state index contributed by atoms with van der Waals surface area (Å²) in [7, 11) is 0.